The second kappa shape index (κ2) is 7.90. The monoisotopic (exact) mass is 398 g/mol. The van der Waals surface area contributed by atoms with Crippen LogP contribution < -0.4 is 0 Å². The molecule has 126 valence electrons. The molecule has 0 amide bonds. The van der Waals surface area contributed by atoms with E-state index in [1.165, 1.54) is 6.26 Å². The van der Waals surface area contributed by atoms with Gasteiger partial charge in [0.15, 0.2) is 6.04 Å². The summed E-state index contributed by atoms with van der Waals surface area (Å²) in [6.07, 6.45) is 1.58. The first kappa shape index (κ1) is 17.1. The highest BCUT2D eigenvalue weighted by molar-refractivity contribution is 9.10. The van der Waals surface area contributed by atoms with Gasteiger partial charge in [0.1, 0.15) is 6.26 Å². The molecule has 3 aromatic rings. The number of carboxylic acids is 1. The van der Waals surface area contributed by atoms with Crippen molar-refractivity contribution in [2.75, 3.05) is 0 Å². The van der Waals surface area contributed by atoms with Gasteiger partial charge in [0.25, 0.3) is 4.80 Å². The van der Waals surface area contributed by atoms with Crippen molar-refractivity contribution in [2.24, 2.45) is 4.99 Å². The SMILES string of the molecule is O=C(O)C(Cc1coc(Br)n1)N=C(c1ccccc1)c1ccccc1. The number of aliphatic carboxylic acids is 1. The highest BCUT2D eigenvalue weighted by Gasteiger charge is 2.21. The van der Waals surface area contributed by atoms with Gasteiger partial charge in [-0.3, -0.25) is 4.99 Å². The number of hydrogen-bond acceptors (Lipinski definition) is 4. The average molecular weight is 399 g/mol. The Morgan fingerprint density at radius 1 is 1.08 bits per heavy atom. The van der Waals surface area contributed by atoms with E-state index in [9.17, 15) is 9.90 Å². The third-order valence-corrected chi connectivity index (χ3v) is 3.95. The summed E-state index contributed by atoms with van der Waals surface area (Å²) in [6.45, 7) is 0. The fourth-order valence-corrected chi connectivity index (χ4v) is 2.75. The van der Waals surface area contributed by atoms with Crippen molar-refractivity contribution >= 4 is 27.6 Å². The van der Waals surface area contributed by atoms with Crippen molar-refractivity contribution in [3.63, 3.8) is 0 Å². The molecule has 0 aliphatic carbocycles. The lowest BCUT2D eigenvalue weighted by atomic mass is 10.0. The minimum absolute atomic E-state index is 0.146. The third kappa shape index (κ3) is 4.42. The van der Waals surface area contributed by atoms with E-state index in [-0.39, 0.29) is 6.42 Å². The van der Waals surface area contributed by atoms with Crippen LogP contribution in [0.4, 0.5) is 0 Å². The molecule has 1 atom stereocenters. The molecule has 5 nitrogen and oxygen atoms in total. The summed E-state index contributed by atoms with van der Waals surface area (Å²) in [5.41, 5.74) is 2.89. The van der Waals surface area contributed by atoms with E-state index in [0.717, 1.165) is 11.1 Å². The lowest BCUT2D eigenvalue weighted by molar-refractivity contribution is -0.138. The summed E-state index contributed by atoms with van der Waals surface area (Å²) in [6, 6.07) is 18.1. The quantitative estimate of drug-likeness (QED) is 0.637. The number of rotatable bonds is 6. The normalized spacial score (nSPS) is 11.7. The summed E-state index contributed by atoms with van der Waals surface area (Å²) >= 11 is 3.12. The van der Waals surface area contributed by atoms with Gasteiger partial charge in [-0.05, 0) is 0 Å². The summed E-state index contributed by atoms with van der Waals surface area (Å²) in [4.78, 5) is 20.7. The zero-order valence-corrected chi connectivity index (χ0v) is 14.8. The zero-order chi connectivity index (χ0) is 17.6. The standard InChI is InChI=1S/C19H15BrN2O3/c20-19-21-15(12-25-19)11-16(18(23)24)22-17(13-7-3-1-4-8-13)14-9-5-2-6-10-14/h1-10,12,16H,11H2,(H,23,24). The first-order valence-electron chi connectivity index (χ1n) is 7.65. The maximum absolute atomic E-state index is 11.7. The summed E-state index contributed by atoms with van der Waals surface area (Å²) in [7, 11) is 0. The van der Waals surface area contributed by atoms with E-state index in [2.05, 4.69) is 25.9 Å². The van der Waals surface area contributed by atoms with E-state index >= 15 is 0 Å². The maximum Gasteiger partial charge on any atom is 0.328 e. The number of aliphatic imine (C=N–C) groups is 1. The number of carboxylic acid groups (broad SMARTS) is 1. The third-order valence-electron chi connectivity index (χ3n) is 3.59. The van der Waals surface area contributed by atoms with Crippen molar-refractivity contribution in [3.8, 4) is 0 Å². The van der Waals surface area contributed by atoms with Crippen molar-refractivity contribution in [1.29, 1.82) is 0 Å². The average Bonchev–Trinajstić information content (AvgIpc) is 3.05. The van der Waals surface area contributed by atoms with Crippen LogP contribution >= 0.6 is 15.9 Å². The Morgan fingerprint density at radius 2 is 1.64 bits per heavy atom. The Hall–Kier alpha value is -2.73. The highest BCUT2D eigenvalue weighted by Crippen LogP contribution is 2.16. The second-order valence-electron chi connectivity index (χ2n) is 5.36. The molecule has 1 N–H and O–H groups in total. The smallest absolute Gasteiger partial charge is 0.328 e. The van der Waals surface area contributed by atoms with Gasteiger partial charge in [-0.1, -0.05) is 60.7 Å². The summed E-state index contributed by atoms with van der Waals surface area (Å²) in [5, 5.41) is 9.61. The Bertz CT molecular complexity index is 834. The molecule has 1 heterocycles. The first-order chi connectivity index (χ1) is 12.1. The Kier molecular flexibility index (Phi) is 5.40. The molecule has 25 heavy (non-hydrogen) atoms. The molecule has 0 radical (unpaired) electrons. The van der Waals surface area contributed by atoms with Gasteiger partial charge in [0.2, 0.25) is 0 Å². The number of halogens is 1. The van der Waals surface area contributed by atoms with Crippen LogP contribution in [0.25, 0.3) is 0 Å². The van der Waals surface area contributed by atoms with E-state index in [4.69, 9.17) is 4.42 Å². The topological polar surface area (TPSA) is 75.7 Å². The van der Waals surface area contributed by atoms with Gasteiger partial charge >= 0.3 is 5.97 Å². The summed E-state index contributed by atoms with van der Waals surface area (Å²) < 4.78 is 5.08. The number of nitrogens with zero attached hydrogens (tertiary/aromatic N) is 2. The molecule has 2 aromatic carbocycles. The molecule has 0 aliphatic rings. The number of carbonyl (C=O) groups is 1. The zero-order valence-electron chi connectivity index (χ0n) is 13.2. The predicted octanol–water partition coefficient (Wildman–Crippen LogP) is 3.97. The van der Waals surface area contributed by atoms with Crippen molar-refractivity contribution < 1.29 is 14.3 Å². The molecule has 1 unspecified atom stereocenters. The highest BCUT2D eigenvalue weighted by atomic mass is 79.9. The van der Waals surface area contributed by atoms with Crippen LogP contribution in [0.5, 0.6) is 0 Å². The maximum atomic E-state index is 11.7. The van der Waals surface area contributed by atoms with E-state index in [0.29, 0.717) is 16.2 Å². The Balaban J connectivity index is 2.01. The fourth-order valence-electron chi connectivity index (χ4n) is 2.43. The van der Waals surface area contributed by atoms with Gasteiger partial charge in [-0.2, -0.15) is 0 Å². The minimum Gasteiger partial charge on any atom is -0.480 e. The van der Waals surface area contributed by atoms with Crippen LogP contribution in [0.1, 0.15) is 16.8 Å². The molecule has 0 saturated heterocycles. The van der Waals surface area contributed by atoms with Crippen LogP contribution in [0.3, 0.4) is 0 Å². The number of hydrogen-bond donors (Lipinski definition) is 1. The van der Waals surface area contributed by atoms with Gasteiger partial charge in [-0.15, -0.1) is 0 Å². The minimum atomic E-state index is -1.01. The molecule has 1 aromatic heterocycles. The number of aromatic nitrogens is 1. The van der Waals surface area contributed by atoms with Gasteiger partial charge in [0, 0.05) is 33.5 Å². The number of oxazole rings is 1. The Morgan fingerprint density at radius 3 is 2.08 bits per heavy atom. The molecule has 0 fully saturated rings. The molecule has 0 spiro atoms. The molecular formula is C19H15BrN2O3. The number of benzene rings is 2. The fraction of sp³-hybridized carbons (Fsp3) is 0.105. The first-order valence-corrected chi connectivity index (χ1v) is 8.44. The lowest BCUT2D eigenvalue weighted by Gasteiger charge is -2.12. The van der Waals surface area contributed by atoms with Crippen LogP contribution in [-0.2, 0) is 11.2 Å². The van der Waals surface area contributed by atoms with Gasteiger partial charge in [-0.25, -0.2) is 9.78 Å². The molecule has 6 heteroatoms. The van der Waals surface area contributed by atoms with Gasteiger partial charge in [0.05, 0.1) is 11.4 Å². The Labute approximate surface area is 153 Å². The molecule has 0 aliphatic heterocycles. The predicted molar refractivity (Wildman–Crippen MR) is 97.9 cm³/mol. The van der Waals surface area contributed by atoms with Crippen LogP contribution in [0.15, 0.2) is 81.1 Å². The van der Waals surface area contributed by atoms with Crippen molar-refractivity contribution in [1.82, 2.24) is 4.98 Å². The van der Waals surface area contributed by atoms with E-state index < -0.39 is 12.0 Å². The largest absolute Gasteiger partial charge is 0.480 e. The van der Waals surface area contributed by atoms with Crippen LogP contribution in [0.2, 0.25) is 0 Å². The van der Waals surface area contributed by atoms with E-state index in [1.807, 2.05) is 60.7 Å². The van der Waals surface area contributed by atoms with Crippen molar-refractivity contribution in [3.05, 3.63) is 88.5 Å². The molecule has 0 bridgehead atoms. The van der Waals surface area contributed by atoms with Crippen LogP contribution in [0, 0.1) is 0 Å². The van der Waals surface area contributed by atoms with E-state index in [1.54, 1.807) is 0 Å². The lowest BCUT2D eigenvalue weighted by Crippen LogP contribution is -2.23. The summed E-state index contributed by atoms with van der Waals surface area (Å²) in [5.74, 6) is -1.01. The molecule has 0 saturated carbocycles. The second-order valence-corrected chi connectivity index (χ2v) is 6.04. The molecule has 3 rings (SSSR count). The van der Waals surface area contributed by atoms with Crippen molar-refractivity contribution in [2.45, 2.75) is 12.5 Å². The van der Waals surface area contributed by atoms with Crippen LogP contribution in [-0.4, -0.2) is 27.8 Å². The van der Waals surface area contributed by atoms with Gasteiger partial charge < -0.3 is 9.52 Å². The molecular weight excluding hydrogens is 384 g/mol.